The lowest BCUT2D eigenvalue weighted by molar-refractivity contribution is 0.625. The molecule has 1 aromatic carbocycles. The molecule has 0 aliphatic rings. The molecule has 2 heteroatoms. The van der Waals surface area contributed by atoms with Crippen molar-refractivity contribution in [1.82, 2.24) is 0 Å². The summed E-state index contributed by atoms with van der Waals surface area (Å²) in [5.41, 5.74) is 5.51. The zero-order chi connectivity index (χ0) is 17.4. The highest BCUT2D eigenvalue weighted by Gasteiger charge is 2.14. The normalized spacial score (nSPS) is 13.6. The molecule has 0 nitrogen and oxygen atoms in total. The summed E-state index contributed by atoms with van der Waals surface area (Å²) in [5, 5.41) is 0.485. The van der Waals surface area contributed by atoms with Crippen LogP contribution in [-0.2, 0) is 6.42 Å². The molecule has 23 heavy (non-hydrogen) atoms. The monoisotopic (exact) mass is 334 g/mol. The fraction of sp³-hybridized carbons (Fsp3) is 0.429. The maximum atomic E-state index is 13.7. The van der Waals surface area contributed by atoms with Crippen molar-refractivity contribution in [3.05, 3.63) is 63.5 Å². The van der Waals surface area contributed by atoms with Crippen LogP contribution in [0.3, 0.4) is 0 Å². The molecule has 1 aromatic rings. The lowest BCUT2D eigenvalue weighted by Crippen LogP contribution is -1.97. The Morgan fingerprint density at radius 3 is 2.39 bits per heavy atom. The Morgan fingerprint density at radius 1 is 1.13 bits per heavy atom. The number of hydrogen-bond acceptors (Lipinski definition) is 0. The van der Waals surface area contributed by atoms with E-state index in [0.29, 0.717) is 5.02 Å². The van der Waals surface area contributed by atoms with Crippen LogP contribution in [0, 0.1) is 5.82 Å². The van der Waals surface area contributed by atoms with Crippen molar-refractivity contribution in [2.45, 2.75) is 60.3 Å². The van der Waals surface area contributed by atoms with E-state index in [9.17, 15) is 4.39 Å². The van der Waals surface area contributed by atoms with Crippen LogP contribution in [0.2, 0.25) is 5.02 Å². The van der Waals surface area contributed by atoms with Crippen molar-refractivity contribution in [3.63, 3.8) is 0 Å². The quantitative estimate of drug-likeness (QED) is 0.452. The van der Waals surface area contributed by atoms with Gasteiger partial charge in [0, 0.05) is 5.56 Å². The standard InChI is InChI=1S/C21H28ClF/c1-6-9-15(4)11-12-19(16(5)10-7-2)21-17(8-3)13-18(23)14-20(21)22/h10-14H,6-9H2,1-5H3/b15-11-,16-10-,19-12+. The molecule has 0 atom stereocenters. The molecule has 0 unspecified atom stereocenters. The molecule has 0 saturated carbocycles. The third kappa shape index (κ3) is 5.66. The van der Waals surface area contributed by atoms with E-state index in [4.69, 9.17) is 11.6 Å². The molecular weight excluding hydrogens is 307 g/mol. The number of benzene rings is 1. The van der Waals surface area contributed by atoms with Crippen molar-refractivity contribution in [3.8, 4) is 0 Å². The topological polar surface area (TPSA) is 0 Å². The van der Waals surface area contributed by atoms with Crippen LogP contribution in [0.1, 0.15) is 65.0 Å². The second-order valence-corrected chi connectivity index (χ2v) is 6.32. The SMILES string of the molecule is CC\C=C(C)/C(=C\C=C(\C)CCC)c1c(Cl)cc(F)cc1CC. The van der Waals surface area contributed by atoms with Crippen molar-refractivity contribution in [2.24, 2.45) is 0 Å². The first-order valence-electron chi connectivity index (χ1n) is 8.47. The average Bonchev–Trinajstić information content (AvgIpc) is 2.49. The first kappa shape index (κ1) is 19.7. The molecule has 0 aromatic heterocycles. The van der Waals surface area contributed by atoms with Gasteiger partial charge < -0.3 is 0 Å². The Kier molecular flexibility index (Phi) is 8.33. The smallest absolute Gasteiger partial charge is 0.125 e. The van der Waals surface area contributed by atoms with Gasteiger partial charge in [-0.2, -0.15) is 0 Å². The Balaban J connectivity index is 3.51. The van der Waals surface area contributed by atoms with E-state index >= 15 is 0 Å². The van der Waals surface area contributed by atoms with E-state index < -0.39 is 0 Å². The Bertz CT molecular complexity index is 621. The van der Waals surface area contributed by atoms with Crippen molar-refractivity contribution in [1.29, 1.82) is 0 Å². The highest BCUT2D eigenvalue weighted by Crippen LogP contribution is 2.34. The van der Waals surface area contributed by atoms with Gasteiger partial charge in [0.25, 0.3) is 0 Å². The van der Waals surface area contributed by atoms with Gasteiger partial charge in [-0.3, -0.25) is 0 Å². The van der Waals surface area contributed by atoms with Gasteiger partial charge in [-0.05, 0) is 62.0 Å². The fourth-order valence-corrected chi connectivity index (χ4v) is 3.07. The van der Waals surface area contributed by atoms with Crippen molar-refractivity contribution in [2.75, 3.05) is 0 Å². The minimum absolute atomic E-state index is 0.273. The predicted molar refractivity (Wildman–Crippen MR) is 101 cm³/mol. The molecule has 0 heterocycles. The number of allylic oxidation sites excluding steroid dienone is 6. The maximum absolute atomic E-state index is 13.7. The van der Waals surface area contributed by atoms with Crippen LogP contribution in [0.15, 0.2) is 41.5 Å². The van der Waals surface area contributed by atoms with Gasteiger partial charge in [0.2, 0.25) is 0 Å². The number of rotatable bonds is 7. The molecular formula is C21H28ClF. The molecule has 0 aliphatic carbocycles. The first-order valence-corrected chi connectivity index (χ1v) is 8.85. The summed E-state index contributed by atoms with van der Waals surface area (Å²) < 4.78 is 13.7. The highest BCUT2D eigenvalue weighted by atomic mass is 35.5. The first-order chi connectivity index (χ1) is 10.9. The molecule has 1 rings (SSSR count). The summed E-state index contributed by atoms with van der Waals surface area (Å²) in [6.07, 6.45) is 10.4. The van der Waals surface area contributed by atoms with Gasteiger partial charge in [0.1, 0.15) is 5.82 Å². The second kappa shape index (κ2) is 9.72. The third-order valence-electron chi connectivity index (χ3n) is 3.90. The average molecular weight is 335 g/mol. The van der Waals surface area contributed by atoms with Crippen LogP contribution >= 0.6 is 11.6 Å². The zero-order valence-electron chi connectivity index (χ0n) is 15.0. The molecule has 0 fully saturated rings. The van der Waals surface area contributed by atoms with Gasteiger partial charge in [-0.1, -0.05) is 62.6 Å². The summed E-state index contributed by atoms with van der Waals surface area (Å²) >= 11 is 6.40. The molecule has 0 bridgehead atoms. The molecule has 0 spiro atoms. The van der Waals surface area contributed by atoms with Crippen molar-refractivity contribution < 1.29 is 4.39 Å². The molecule has 0 aliphatic heterocycles. The number of hydrogen-bond donors (Lipinski definition) is 0. The van der Waals surface area contributed by atoms with E-state index in [1.165, 1.54) is 17.2 Å². The Hall–Kier alpha value is -1.34. The lowest BCUT2D eigenvalue weighted by atomic mass is 9.92. The Morgan fingerprint density at radius 2 is 1.83 bits per heavy atom. The maximum Gasteiger partial charge on any atom is 0.125 e. The Labute approximate surface area is 145 Å². The van der Waals surface area contributed by atoms with Gasteiger partial charge in [-0.25, -0.2) is 4.39 Å². The summed E-state index contributed by atoms with van der Waals surface area (Å²) in [7, 11) is 0. The molecule has 0 saturated heterocycles. The highest BCUT2D eigenvalue weighted by molar-refractivity contribution is 6.32. The van der Waals surface area contributed by atoms with E-state index in [1.807, 2.05) is 6.92 Å². The third-order valence-corrected chi connectivity index (χ3v) is 4.20. The van der Waals surface area contributed by atoms with E-state index in [-0.39, 0.29) is 5.82 Å². The largest absolute Gasteiger partial charge is 0.207 e. The summed E-state index contributed by atoms with van der Waals surface area (Å²) in [5.74, 6) is -0.273. The fourth-order valence-electron chi connectivity index (χ4n) is 2.74. The molecule has 0 amide bonds. The number of aryl methyl sites for hydroxylation is 1. The van der Waals surface area contributed by atoms with Gasteiger partial charge in [-0.15, -0.1) is 0 Å². The van der Waals surface area contributed by atoms with E-state index in [0.717, 1.165) is 42.4 Å². The van der Waals surface area contributed by atoms with Gasteiger partial charge in [0.05, 0.1) is 5.02 Å². The lowest BCUT2D eigenvalue weighted by Gasteiger charge is -2.15. The molecule has 0 N–H and O–H groups in total. The van der Waals surface area contributed by atoms with Crippen LogP contribution in [0.25, 0.3) is 5.57 Å². The van der Waals surface area contributed by atoms with E-state index in [2.05, 4.69) is 45.9 Å². The van der Waals surface area contributed by atoms with Crippen LogP contribution in [0.4, 0.5) is 4.39 Å². The van der Waals surface area contributed by atoms with Gasteiger partial charge >= 0.3 is 0 Å². The predicted octanol–water partition coefficient (Wildman–Crippen LogP) is 7.53. The number of halogens is 2. The summed E-state index contributed by atoms with van der Waals surface area (Å²) in [6, 6.07) is 3.00. The minimum atomic E-state index is -0.273. The van der Waals surface area contributed by atoms with Crippen LogP contribution < -0.4 is 0 Å². The van der Waals surface area contributed by atoms with Crippen molar-refractivity contribution >= 4 is 17.2 Å². The van der Waals surface area contributed by atoms with E-state index in [1.54, 1.807) is 6.07 Å². The molecule has 0 radical (unpaired) electrons. The van der Waals surface area contributed by atoms with Crippen LogP contribution in [0.5, 0.6) is 0 Å². The summed E-state index contributed by atoms with van der Waals surface area (Å²) in [4.78, 5) is 0. The molecule has 126 valence electrons. The summed E-state index contributed by atoms with van der Waals surface area (Å²) in [6.45, 7) is 10.6. The second-order valence-electron chi connectivity index (χ2n) is 5.91. The minimum Gasteiger partial charge on any atom is -0.207 e. The van der Waals surface area contributed by atoms with Crippen LogP contribution in [-0.4, -0.2) is 0 Å². The van der Waals surface area contributed by atoms with Gasteiger partial charge in [0.15, 0.2) is 0 Å². The zero-order valence-corrected chi connectivity index (χ0v) is 15.7.